The molecule has 7 nitrogen and oxygen atoms in total. The summed E-state index contributed by atoms with van der Waals surface area (Å²) in [6.07, 6.45) is 2.88. The van der Waals surface area contributed by atoms with Crippen LogP contribution in [0, 0.1) is 28.6 Å². The first-order chi connectivity index (χ1) is 14.8. The van der Waals surface area contributed by atoms with Gasteiger partial charge in [-0.25, -0.2) is 9.18 Å². The van der Waals surface area contributed by atoms with E-state index in [-0.39, 0.29) is 30.1 Å². The van der Waals surface area contributed by atoms with Gasteiger partial charge in [0.2, 0.25) is 0 Å². The van der Waals surface area contributed by atoms with E-state index >= 15 is 4.39 Å². The van der Waals surface area contributed by atoms with Crippen molar-refractivity contribution in [3.63, 3.8) is 0 Å². The lowest BCUT2D eigenvalue weighted by molar-refractivity contribution is -0.175. The van der Waals surface area contributed by atoms with Gasteiger partial charge in [-0.15, -0.1) is 0 Å². The number of carbonyl (C=O) groups is 3. The van der Waals surface area contributed by atoms with Crippen LogP contribution in [0.15, 0.2) is 23.8 Å². The summed E-state index contributed by atoms with van der Waals surface area (Å²) in [5, 5.41) is 29.8. The topological polar surface area (TPSA) is 124 Å². The number of fused-ring (bicyclic) bond motifs is 3. The molecule has 32 heavy (non-hydrogen) atoms. The molecule has 0 aromatic heterocycles. The van der Waals surface area contributed by atoms with Gasteiger partial charge in [0.1, 0.15) is 11.8 Å². The second-order valence-corrected chi connectivity index (χ2v) is 11.0. The van der Waals surface area contributed by atoms with Crippen LogP contribution < -0.4 is 0 Å². The minimum Gasteiger partial charge on any atom is -0.479 e. The Morgan fingerprint density at radius 3 is 2.62 bits per heavy atom. The van der Waals surface area contributed by atoms with Crippen molar-refractivity contribution in [3.8, 4) is 0 Å². The molecule has 1 aliphatic heterocycles. The summed E-state index contributed by atoms with van der Waals surface area (Å²) < 4.78 is 21.7. The van der Waals surface area contributed by atoms with Crippen molar-refractivity contribution in [1.29, 1.82) is 0 Å². The van der Waals surface area contributed by atoms with E-state index in [1.54, 1.807) is 6.08 Å². The highest BCUT2D eigenvalue weighted by atomic mass is 19.1. The van der Waals surface area contributed by atoms with Crippen LogP contribution in [-0.2, 0) is 19.1 Å². The number of ketones is 2. The molecular formula is C24H29FO7. The van der Waals surface area contributed by atoms with Gasteiger partial charge in [-0.1, -0.05) is 13.0 Å². The van der Waals surface area contributed by atoms with E-state index in [4.69, 9.17) is 4.74 Å². The Bertz CT molecular complexity index is 985. The maximum atomic E-state index is 15.4. The first-order valence-corrected chi connectivity index (χ1v) is 11.3. The van der Waals surface area contributed by atoms with Gasteiger partial charge in [0, 0.05) is 11.3 Å². The highest BCUT2D eigenvalue weighted by molar-refractivity contribution is 6.01. The minimum absolute atomic E-state index is 0.0557. The lowest BCUT2D eigenvalue weighted by atomic mass is 9.47. The van der Waals surface area contributed by atoms with E-state index < -0.39 is 52.0 Å². The molecule has 1 spiro atoms. The second kappa shape index (κ2) is 6.36. The van der Waals surface area contributed by atoms with Crippen LogP contribution >= 0.6 is 0 Å². The summed E-state index contributed by atoms with van der Waals surface area (Å²) >= 11 is 0. The van der Waals surface area contributed by atoms with Gasteiger partial charge in [-0.2, -0.15) is 0 Å². The number of aliphatic carboxylic acids is 1. The molecule has 8 heteroatoms. The zero-order valence-corrected chi connectivity index (χ0v) is 18.4. The molecule has 3 saturated carbocycles. The standard InChI is InChI=1S/C24H29FO7/c1-21-10-17-24(32-17)14(9-16(25)15-8-11(26)6-7-22(15,24)2)12(21)4-5-13(21)18(27)19(28)23(3,31)20(29)30/h6-8,12-14,16-17,19,28,31H,4-5,9-10H2,1-3H3,(H,29,30)/t12-,13+,14-,16-,17-,19?,21-,22-,23?,24?/m0/s1. The van der Waals surface area contributed by atoms with E-state index in [0.717, 1.165) is 6.92 Å². The van der Waals surface area contributed by atoms with Crippen LogP contribution in [0.2, 0.25) is 0 Å². The summed E-state index contributed by atoms with van der Waals surface area (Å²) in [6.45, 7) is 4.79. The molecule has 1 heterocycles. The smallest absolute Gasteiger partial charge is 0.338 e. The number of allylic oxidation sites excluding steroid dienone is 2. The first kappa shape index (κ1) is 21.9. The number of halogens is 1. The molecule has 0 bridgehead atoms. The van der Waals surface area contributed by atoms with Crippen molar-refractivity contribution in [2.75, 3.05) is 0 Å². The number of alkyl halides is 1. The predicted octanol–water partition coefficient (Wildman–Crippen LogP) is 1.76. The SMILES string of the molecule is CC(O)(C(=O)O)C(O)C(=O)[C@H]1CC[C@H]2[C@@H]3C[C@H](F)C4=CC(=O)C=C[C@]4(C)C34O[C@H]4C[C@]12C. The van der Waals surface area contributed by atoms with Crippen molar-refractivity contribution >= 4 is 17.5 Å². The van der Waals surface area contributed by atoms with Crippen molar-refractivity contribution in [1.82, 2.24) is 0 Å². The van der Waals surface area contributed by atoms with Gasteiger partial charge in [-0.3, -0.25) is 9.59 Å². The highest BCUT2D eigenvalue weighted by Gasteiger charge is 2.80. The van der Waals surface area contributed by atoms with E-state index in [2.05, 4.69) is 0 Å². The number of hydrogen-bond donors (Lipinski definition) is 3. The average molecular weight is 448 g/mol. The van der Waals surface area contributed by atoms with E-state index in [9.17, 15) is 29.7 Å². The number of carboxylic acid groups (broad SMARTS) is 1. The number of carbonyl (C=O) groups excluding carboxylic acids is 2. The molecular weight excluding hydrogens is 419 g/mol. The molecule has 0 aromatic rings. The van der Waals surface area contributed by atoms with Crippen molar-refractivity contribution < 1.29 is 38.8 Å². The Labute approximate surface area is 185 Å². The Balaban J connectivity index is 1.49. The van der Waals surface area contributed by atoms with Gasteiger partial charge in [0.25, 0.3) is 0 Å². The Hall–Kier alpha value is -1.90. The lowest BCUT2D eigenvalue weighted by Gasteiger charge is -2.55. The molecule has 1 saturated heterocycles. The molecule has 4 aliphatic carbocycles. The molecule has 10 atom stereocenters. The molecule has 5 aliphatic rings. The largest absolute Gasteiger partial charge is 0.479 e. The predicted molar refractivity (Wildman–Crippen MR) is 109 cm³/mol. The molecule has 3 unspecified atom stereocenters. The third-order valence-corrected chi connectivity index (χ3v) is 9.50. The number of ether oxygens (including phenoxy) is 1. The molecule has 0 radical (unpaired) electrons. The van der Waals surface area contributed by atoms with Crippen LogP contribution in [0.25, 0.3) is 0 Å². The van der Waals surface area contributed by atoms with Gasteiger partial charge in [-0.05, 0) is 74.5 Å². The van der Waals surface area contributed by atoms with Crippen molar-refractivity contribution in [2.24, 2.45) is 28.6 Å². The van der Waals surface area contributed by atoms with Gasteiger partial charge < -0.3 is 20.1 Å². The van der Waals surface area contributed by atoms with Crippen LogP contribution in [0.5, 0.6) is 0 Å². The molecule has 174 valence electrons. The summed E-state index contributed by atoms with van der Waals surface area (Å²) in [6, 6.07) is 0. The van der Waals surface area contributed by atoms with Gasteiger partial charge in [0.05, 0.1) is 6.10 Å². The van der Waals surface area contributed by atoms with Gasteiger partial charge in [0.15, 0.2) is 23.3 Å². The summed E-state index contributed by atoms with van der Waals surface area (Å²) in [7, 11) is 0. The second-order valence-electron chi connectivity index (χ2n) is 11.0. The van der Waals surface area contributed by atoms with E-state index in [0.29, 0.717) is 24.8 Å². The number of Topliss-reactive ketones (excluding diaryl/α,β-unsaturated/α-hetero) is 1. The number of aliphatic hydroxyl groups is 2. The summed E-state index contributed by atoms with van der Waals surface area (Å²) in [4.78, 5) is 36.5. The maximum Gasteiger partial charge on any atom is 0.338 e. The fourth-order valence-corrected chi connectivity index (χ4v) is 7.69. The Morgan fingerprint density at radius 2 is 1.97 bits per heavy atom. The summed E-state index contributed by atoms with van der Waals surface area (Å²) in [5.74, 6) is -3.44. The van der Waals surface area contributed by atoms with Gasteiger partial charge >= 0.3 is 5.97 Å². The van der Waals surface area contributed by atoms with Crippen LogP contribution in [0.1, 0.15) is 46.5 Å². The Kier molecular flexibility index (Phi) is 4.36. The van der Waals surface area contributed by atoms with E-state index in [1.807, 2.05) is 13.8 Å². The fourth-order valence-electron chi connectivity index (χ4n) is 7.69. The Morgan fingerprint density at radius 1 is 1.28 bits per heavy atom. The van der Waals surface area contributed by atoms with E-state index in [1.165, 1.54) is 12.2 Å². The number of hydrogen-bond acceptors (Lipinski definition) is 6. The number of aliphatic hydroxyl groups excluding tert-OH is 1. The zero-order chi connectivity index (χ0) is 23.4. The number of rotatable bonds is 4. The number of carboxylic acids is 1. The molecule has 3 N–H and O–H groups in total. The summed E-state index contributed by atoms with van der Waals surface area (Å²) in [5.41, 5.74) is -4.07. The van der Waals surface area contributed by atoms with Crippen molar-refractivity contribution in [2.45, 2.75) is 76.0 Å². The van der Waals surface area contributed by atoms with Crippen LogP contribution in [0.3, 0.4) is 0 Å². The maximum absolute atomic E-state index is 15.4. The molecule has 0 aromatic carbocycles. The molecule has 5 rings (SSSR count). The number of epoxide rings is 1. The highest BCUT2D eigenvalue weighted by Crippen LogP contribution is 2.75. The molecule has 4 fully saturated rings. The minimum atomic E-state index is -2.58. The lowest BCUT2D eigenvalue weighted by Crippen LogP contribution is -2.60. The molecule has 0 amide bonds. The monoisotopic (exact) mass is 448 g/mol. The van der Waals surface area contributed by atoms with Crippen LogP contribution in [-0.4, -0.2) is 62.4 Å². The third-order valence-electron chi connectivity index (χ3n) is 9.50. The zero-order valence-electron chi connectivity index (χ0n) is 18.4. The fraction of sp³-hybridized carbons (Fsp3) is 0.708. The third kappa shape index (κ3) is 2.43. The first-order valence-electron chi connectivity index (χ1n) is 11.3. The van der Waals surface area contributed by atoms with Crippen molar-refractivity contribution in [3.05, 3.63) is 23.8 Å². The normalized spacial score (nSPS) is 49.0. The quantitative estimate of drug-likeness (QED) is 0.560. The van der Waals surface area contributed by atoms with Crippen LogP contribution in [0.4, 0.5) is 4.39 Å². The average Bonchev–Trinajstić information content (AvgIpc) is 3.34.